The average Bonchev–Trinajstić information content (AvgIpc) is 2.97. The minimum atomic E-state index is -0.0807. The zero-order valence-corrected chi connectivity index (χ0v) is 11.1. The molecule has 1 aromatic heterocycles. The number of hydrogen-bond donors (Lipinski definition) is 3. The number of H-pyrrole nitrogens is 1. The van der Waals surface area contributed by atoms with Gasteiger partial charge in [-0.15, -0.1) is 0 Å². The van der Waals surface area contributed by atoms with Gasteiger partial charge in [0, 0.05) is 17.9 Å². The van der Waals surface area contributed by atoms with E-state index in [1.807, 2.05) is 13.8 Å². The Balaban J connectivity index is 1.87. The minimum absolute atomic E-state index is 0.0416. The fourth-order valence-electron chi connectivity index (χ4n) is 2.43. The van der Waals surface area contributed by atoms with Gasteiger partial charge in [-0.1, -0.05) is 19.8 Å². The van der Waals surface area contributed by atoms with E-state index in [4.69, 9.17) is 0 Å². The van der Waals surface area contributed by atoms with Gasteiger partial charge >= 0.3 is 6.03 Å². The quantitative estimate of drug-likeness (QED) is 0.768. The SMILES string of the molecule is CCC(NC(=O)NC1CCCC1)c1ncc(C)[nH]1. The molecule has 100 valence electrons. The van der Waals surface area contributed by atoms with Crippen LogP contribution in [0.3, 0.4) is 0 Å². The summed E-state index contributed by atoms with van der Waals surface area (Å²) < 4.78 is 0. The number of aromatic amines is 1. The second kappa shape index (κ2) is 5.89. The lowest BCUT2D eigenvalue weighted by Crippen LogP contribution is -2.42. The molecule has 0 aromatic carbocycles. The molecule has 0 radical (unpaired) electrons. The average molecular weight is 250 g/mol. The first kappa shape index (κ1) is 12.9. The molecule has 1 saturated carbocycles. The summed E-state index contributed by atoms with van der Waals surface area (Å²) in [5.41, 5.74) is 1.02. The molecule has 2 rings (SSSR count). The van der Waals surface area contributed by atoms with Crippen molar-refractivity contribution in [1.29, 1.82) is 0 Å². The van der Waals surface area contributed by atoms with Crippen molar-refractivity contribution >= 4 is 6.03 Å². The fourth-order valence-corrected chi connectivity index (χ4v) is 2.43. The van der Waals surface area contributed by atoms with Crippen LogP contribution in [0, 0.1) is 6.92 Å². The lowest BCUT2D eigenvalue weighted by Gasteiger charge is -2.18. The molecule has 1 unspecified atom stereocenters. The van der Waals surface area contributed by atoms with Crippen molar-refractivity contribution in [3.63, 3.8) is 0 Å². The van der Waals surface area contributed by atoms with Crippen molar-refractivity contribution in [3.8, 4) is 0 Å². The predicted molar refractivity (Wildman–Crippen MR) is 70.3 cm³/mol. The molecule has 0 aliphatic heterocycles. The number of urea groups is 1. The van der Waals surface area contributed by atoms with E-state index >= 15 is 0 Å². The molecule has 18 heavy (non-hydrogen) atoms. The van der Waals surface area contributed by atoms with E-state index in [9.17, 15) is 4.79 Å². The van der Waals surface area contributed by atoms with E-state index in [2.05, 4.69) is 20.6 Å². The summed E-state index contributed by atoms with van der Waals surface area (Å²) in [6.45, 7) is 4.00. The molecule has 5 nitrogen and oxygen atoms in total. The van der Waals surface area contributed by atoms with Crippen LogP contribution in [0.5, 0.6) is 0 Å². The van der Waals surface area contributed by atoms with Crippen LogP contribution < -0.4 is 10.6 Å². The van der Waals surface area contributed by atoms with E-state index in [-0.39, 0.29) is 12.1 Å². The Labute approximate surface area is 108 Å². The first-order valence-electron chi connectivity index (χ1n) is 6.77. The van der Waals surface area contributed by atoms with E-state index in [1.54, 1.807) is 6.20 Å². The zero-order chi connectivity index (χ0) is 13.0. The molecule has 0 bridgehead atoms. The van der Waals surface area contributed by atoms with Crippen LogP contribution in [-0.2, 0) is 0 Å². The molecule has 0 saturated heterocycles. The second-order valence-corrected chi connectivity index (χ2v) is 5.01. The van der Waals surface area contributed by atoms with Crippen molar-refractivity contribution < 1.29 is 4.79 Å². The van der Waals surface area contributed by atoms with Crippen LogP contribution in [-0.4, -0.2) is 22.0 Å². The standard InChI is InChI=1S/C13H22N4O/c1-3-11(12-14-8-9(2)15-12)17-13(18)16-10-6-4-5-7-10/h8,10-11H,3-7H2,1-2H3,(H,14,15)(H2,16,17,18). The Bertz CT molecular complexity index is 395. The molecule has 2 amide bonds. The summed E-state index contributed by atoms with van der Waals surface area (Å²) in [5, 5.41) is 6.01. The normalized spacial score (nSPS) is 17.7. The molecule has 3 N–H and O–H groups in total. The number of rotatable bonds is 4. The number of amides is 2. The lowest BCUT2D eigenvalue weighted by atomic mass is 10.2. The summed E-state index contributed by atoms with van der Waals surface area (Å²) in [7, 11) is 0. The van der Waals surface area contributed by atoms with Crippen molar-refractivity contribution in [3.05, 3.63) is 17.7 Å². The highest BCUT2D eigenvalue weighted by Gasteiger charge is 2.20. The molecule has 5 heteroatoms. The van der Waals surface area contributed by atoms with Crippen molar-refractivity contribution in [2.24, 2.45) is 0 Å². The maximum atomic E-state index is 11.9. The fraction of sp³-hybridized carbons (Fsp3) is 0.692. The number of imidazole rings is 1. The van der Waals surface area contributed by atoms with Gasteiger partial charge in [0.2, 0.25) is 0 Å². The summed E-state index contributed by atoms with van der Waals surface area (Å²) >= 11 is 0. The maximum Gasteiger partial charge on any atom is 0.315 e. The third kappa shape index (κ3) is 3.24. The lowest BCUT2D eigenvalue weighted by molar-refractivity contribution is 0.232. The highest BCUT2D eigenvalue weighted by Crippen LogP contribution is 2.18. The maximum absolute atomic E-state index is 11.9. The van der Waals surface area contributed by atoms with Crippen LogP contribution in [0.1, 0.15) is 56.6 Å². The van der Waals surface area contributed by atoms with Crippen LogP contribution in [0.25, 0.3) is 0 Å². The van der Waals surface area contributed by atoms with Crippen molar-refractivity contribution in [1.82, 2.24) is 20.6 Å². The van der Waals surface area contributed by atoms with Gasteiger partial charge in [-0.2, -0.15) is 0 Å². The van der Waals surface area contributed by atoms with Gasteiger partial charge in [0.25, 0.3) is 0 Å². The van der Waals surface area contributed by atoms with Crippen molar-refractivity contribution in [2.45, 2.75) is 58.0 Å². The number of aryl methyl sites for hydroxylation is 1. The summed E-state index contributed by atoms with van der Waals surface area (Å²) in [5.74, 6) is 0.830. The molecular formula is C13H22N4O. The molecule has 1 aromatic rings. The predicted octanol–water partition coefficient (Wildman–Crippen LogP) is 2.41. The van der Waals surface area contributed by atoms with Gasteiger partial charge in [0.15, 0.2) is 0 Å². The van der Waals surface area contributed by atoms with Gasteiger partial charge < -0.3 is 15.6 Å². The van der Waals surface area contributed by atoms with Gasteiger partial charge in [0.05, 0.1) is 6.04 Å². The van der Waals surface area contributed by atoms with E-state index in [0.717, 1.165) is 30.8 Å². The Morgan fingerprint density at radius 2 is 2.28 bits per heavy atom. The number of nitrogens with zero attached hydrogens (tertiary/aromatic N) is 1. The summed E-state index contributed by atoms with van der Waals surface area (Å²) in [4.78, 5) is 19.3. The molecule has 1 atom stereocenters. The number of carbonyl (C=O) groups excluding carboxylic acids is 1. The molecule has 1 aliphatic carbocycles. The first-order valence-corrected chi connectivity index (χ1v) is 6.77. The number of aromatic nitrogens is 2. The molecule has 1 heterocycles. The van der Waals surface area contributed by atoms with Gasteiger partial charge in [-0.3, -0.25) is 0 Å². The minimum Gasteiger partial charge on any atom is -0.344 e. The van der Waals surface area contributed by atoms with E-state index < -0.39 is 0 Å². The first-order chi connectivity index (χ1) is 8.69. The Hall–Kier alpha value is -1.52. The highest BCUT2D eigenvalue weighted by molar-refractivity contribution is 5.74. The zero-order valence-electron chi connectivity index (χ0n) is 11.1. The number of nitrogens with one attached hydrogen (secondary N) is 3. The molecule has 1 fully saturated rings. The van der Waals surface area contributed by atoms with Gasteiger partial charge in [-0.25, -0.2) is 9.78 Å². The largest absolute Gasteiger partial charge is 0.344 e. The van der Waals surface area contributed by atoms with Crippen LogP contribution in [0.15, 0.2) is 6.20 Å². The smallest absolute Gasteiger partial charge is 0.315 e. The topological polar surface area (TPSA) is 69.8 Å². The van der Waals surface area contributed by atoms with Gasteiger partial charge in [-0.05, 0) is 26.2 Å². The summed E-state index contributed by atoms with van der Waals surface area (Å²) in [6, 6.07) is 0.226. The van der Waals surface area contributed by atoms with Crippen LogP contribution in [0.2, 0.25) is 0 Å². The Morgan fingerprint density at radius 3 is 2.83 bits per heavy atom. The van der Waals surface area contributed by atoms with E-state index in [1.165, 1.54) is 12.8 Å². The third-order valence-corrected chi connectivity index (χ3v) is 3.46. The number of hydrogen-bond acceptors (Lipinski definition) is 2. The highest BCUT2D eigenvalue weighted by atomic mass is 16.2. The number of carbonyl (C=O) groups is 1. The Kier molecular flexibility index (Phi) is 4.23. The van der Waals surface area contributed by atoms with Crippen LogP contribution >= 0.6 is 0 Å². The van der Waals surface area contributed by atoms with Crippen molar-refractivity contribution in [2.75, 3.05) is 0 Å². The second-order valence-electron chi connectivity index (χ2n) is 5.01. The molecule has 1 aliphatic rings. The summed E-state index contributed by atoms with van der Waals surface area (Å²) in [6.07, 6.45) is 7.26. The van der Waals surface area contributed by atoms with Crippen LogP contribution in [0.4, 0.5) is 4.79 Å². The third-order valence-electron chi connectivity index (χ3n) is 3.46. The van der Waals surface area contributed by atoms with Gasteiger partial charge in [0.1, 0.15) is 5.82 Å². The van der Waals surface area contributed by atoms with E-state index in [0.29, 0.717) is 6.04 Å². The Morgan fingerprint density at radius 1 is 1.56 bits per heavy atom. The molecule has 0 spiro atoms. The molecular weight excluding hydrogens is 228 g/mol. The monoisotopic (exact) mass is 250 g/mol.